The Balaban J connectivity index is 1.87. The van der Waals surface area contributed by atoms with E-state index < -0.39 is 0 Å². The topological polar surface area (TPSA) is 67.0 Å². The highest BCUT2D eigenvalue weighted by atomic mass is 79.9. The van der Waals surface area contributed by atoms with Gasteiger partial charge in [-0.05, 0) is 42.8 Å². The Hall–Kier alpha value is -2.35. The van der Waals surface area contributed by atoms with Crippen LogP contribution in [-0.4, -0.2) is 38.0 Å². The molecule has 0 saturated carbocycles. The van der Waals surface area contributed by atoms with Crippen LogP contribution in [0.15, 0.2) is 22.8 Å². The Bertz CT molecular complexity index is 976. The molecule has 0 N–H and O–H groups in total. The minimum absolute atomic E-state index is 0.210. The number of rotatable bonds is 3. The standard InChI is InChI=1S/C18H20BrN5O2/c1-10(2)24-18(20-11(3)22-24)14-9-23-5-6-26-15-8-16(25-4)13(19)7-12(15)17(23)21-14/h7-10H,5-6H2,1-4H3. The SMILES string of the molecule is COc1cc2c(cc1Br)-c1nc(-c3nc(C)nn3C(C)C)cn1CCO2. The summed E-state index contributed by atoms with van der Waals surface area (Å²) in [5.74, 6) is 3.88. The summed E-state index contributed by atoms with van der Waals surface area (Å²) >= 11 is 3.55. The second-order valence-corrected chi connectivity index (χ2v) is 7.35. The fourth-order valence-electron chi connectivity index (χ4n) is 3.11. The van der Waals surface area contributed by atoms with E-state index in [1.807, 2.05) is 29.9 Å². The number of ether oxygens (including phenoxy) is 2. The Labute approximate surface area is 160 Å². The van der Waals surface area contributed by atoms with Crippen molar-refractivity contribution in [2.24, 2.45) is 0 Å². The highest BCUT2D eigenvalue weighted by molar-refractivity contribution is 9.10. The molecule has 3 heterocycles. The first-order chi connectivity index (χ1) is 12.5. The first kappa shape index (κ1) is 17.1. The third-order valence-electron chi connectivity index (χ3n) is 4.32. The van der Waals surface area contributed by atoms with Crippen LogP contribution < -0.4 is 9.47 Å². The van der Waals surface area contributed by atoms with Crippen LogP contribution in [0.3, 0.4) is 0 Å². The lowest BCUT2D eigenvalue weighted by molar-refractivity contribution is 0.304. The summed E-state index contributed by atoms with van der Waals surface area (Å²) in [6, 6.07) is 4.09. The van der Waals surface area contributed by atoms with Gasteiger partial charge in [0.1, 0.15) is 35.4 Å². The van der Waals surface area contributed by atoms with E-state index in [9.17, 15) is 0 Å². The Morgan fingerprint density at radius 3 is 2.77 bits per heavy atom. The molecule has 0 spiro atoms. The molecule has 3 aromatic rings. The van der Waals surface area contributed by atoms with Crippen molar-refractivity contribution in [2.75, 3.05) is 13.7 Å². The molecule has 1 aliphatic rings. The molecule has 1 aliphatic heterocycles. The van der Waals surface area contributed by atoms with Gasteiger partial charge in [0.15, 0.2) is 5.82 Å². The smallest absolute Gasteiger partial charge is 0.178 e. The van der Waals surface area contributed by atoms with E-state index in [1.165, 1.54) is 0 Å². The molecule has 1 aromatic carbocycles. The minimum Gasteiger partial charge on any atom is -0.495 e. The normalized spacial score (nSPS) is 13.2. The van der Waals surface area contributed by atoms with Gasteiger partial charge in [-0.15, -0.1) is 0 Å². The van der Waals surface area contributed by atoms with E-state index in [-0.39, 0.29) is 6.04 Å². The van der Waals surface area contributed by atoms with Crippen molar-refractivity contribution < 1.29 is 9.47 Å². The summed E-state index contributed by atoms with van der Waals surface area (Å²) in [7, 11) is 1.64. The van der Waals surface area contributed by atoms with Crippen molar-refractivity contribution in [3.8, 4) is 34.4 Å². The molecule has 8 heteroatoms. The zero-order valence-corrected chi connectivity index (χ0v) is 16.7. The second-order valence-electron chi connectivity index (χ2n) is 6.50. The zero-order chi connectivity index (χ0) is 18.4. The lowest BCUT2D eigenvalue weighted by Crippen LogP contribution is -2.06. The first-order valence-electron chi connectivity index (χ1n) is 8.49. The molecule has 0 atom stereocenters. The summed E-state index contributed by atoms with van der Waals surface area (Å²) in [5.41, 5.74) is 1.74. The Kier molecular flexibility index (Phi) is 4.22. The summed E-state index contributed by atoms with van der Waals surface area (Å²) in [6.45, 7) is 7.36. The number of hydrogen-bond donors (Lipinski definition) is 0. The molecule has 0 unspecified atom stereocenters. The van der Waals surface area contributed by atoms with E-state index in [1.54, 1.807) is 7.11 Å². The number of halogens is 1. The fourth-order valence-corrected chi connectivity index (χ4v) is 3.62. The minimum atomic E-state index is 0.210. The average molecular weight is 418 g/mol. The van der Waals surface area contributed by atoms with Crippen LogP contribution in [0.5, 0.6) is 11.5 Å². The third kappa shape index (κ3) is 2.78. The molecular weight excluding hydrogens is 398 g/mol. The predicted molar refractivity (Wildman–Crippen MR) is 102 cm³/mol. The van der Waals surface area contributed by atoms with Gasteiger partial charge in [-0.3, -0.25) is 0 Å². The Morgan fingerprint density at radius 1 is 1.23 bits per heavy atom. The van der Waals surface area contributed by atoms with Gasteiger partial charge in [0.25, 0.3) is 0 Å². The summed E-state index contributed by atoms with van der Waals surface area (Å²) in [5, 5.41) is 4.50. The third-order valence-corrected chi connectivity index (χ3v) is 4.94. The lowest BCUT2D eigenvalue weighted by Gasteiger charge is -2.10. The molecule has 2 aromatic heterocycles. The molecule has 136 valence electrons. The first-order valence-corrected chi connectivity index (χ1v) is 9.28. The van der Waals surface area contributed by atoms with Gasteiger partial charge in [0.05, 0.1) is 23.7 Å². The van der Waals surface area contributed by atoms with Crippen LogP contribution in [0.4, 0.5) is 0 Å². The number of hydrogen-bond acceptors (Lipinski definition) is 5. The number of aryl methyl sites for hydroxylation is 1. The molecule has 26 heavy (non-hydrogen) atoms. The van der Waals surface area contributed by atoms with Crippen molar-refractivity contribution >= 4 is 15.9 Å². The maximum Gasteiger partial charge on any atom is 0.178 e. The number of benzene rings is 1. The highest BCUT2D eigenvalue weighted by Gasteiger charge is 2.23. The van der Waals surface area contributed by atoms with Crippen molar-refractivity contribution in [3.63, 3.8) is 0 Å². The summed E-state index contributed by atoms with van der Waals surface area (Å²) in [4.78, 5) is 9.46. The number of nitrogens with zero attached hydrogens (tertiary/aromatic N) is 5. The molecule has 7 nitrogen and oxygen atoms in total. The quantitative estimate of drug-likeness (QED) is 0.646. The number of methoxy groups -OCH3 is 1. The van der Waals surface area contributed by atoms with E-state index in [2.05, 4.69) is 44.4 Å². The molecule has 0 bridgehead atoms. The lowest BCUT2D eigenvalue weighted by atomic mass is 10.2. The number of aromatic nitrogens is 5. The molecule has 0 saturated heterocycles. The number of imidazole rings is 1. The number of fused-ring (bicyclic) bond motifs is 3. The second kappa shape index (κ2) is 6.42. The zero-order valence-electron chi connectivity index (χ0n) is 15.2. The van der Waals surface area contributed by atoms with Crippen LogP contribution >= 0.6 is 15.9 Å². The van der Waals surface area contributed by atoms with Gasteiger partial charge < -0.3 is 14.0 Å². The largest absolute Gasteiger partial charge is 0.495 e. The Morgan fingerprint density at radius 2 is 2.04 bits per heavy atom. The van der Waals surface area contributed by atoms with Crippen LogP contribution in [0.1, 0.15) is 25.7 Å². The van der Waals surface area contributed by atoms with Gasteiger partial charge in [0, 0.05) is 18.3 Å². The molecule has 0 amide bonds. The van der Waals surface area contributed by atoms with Gasteiger partial charge in [-0.25, -0.2) is 14.6 Å². The molecule has 0 radical (unpaired) electrons. The van der Waals surface area contributed by atoms with Crippen LogP contribution in [-0.2, 0) is 6.54 Å². The van der Waals surface area contributed by atoms with Crippen LogP contribution in [0, 0.1) is 6.92 Å². The summed E-state index contributed by atoms with van der Waals surface area (Å²) in [6.07, 6.45) is 2.02. The molecular formula is C18H20BrN5O2. The molecule has 0 fully saturated rings. The summed E-state index contributed by atoms with van der Waals surface area (Å²) < 4.78 is 16.2. The maximum atomic E-state index is 5.90. The van der Waals surface area contributed by atoms with Crippen molar-refractivity contribution in [2.45, 2.75) is 33.4 Å². The van der Waals surface area contributed by atoms with Gasteiger partial charge >= 0.3 is 0 Å². The van der Waals surface area contributed by atoms with E-state index in [0.29, 0.717) is 13.2 Å². The maximum absolute atomic E-state index is 5.90. The van der Waals surface area contributed by atoms with Gasteiger partial charge in [0.2, 0.25) is 0 Å². The van der Waals surface area contributed by atoms with Crippen molar-refractivity contribution in [3.05, 3.63) is 28.6 Å². The molecule has 0 aliphatic carbocycles. The van der Waals surface area contributed by atoms with Gasteiger partial charge in [-0.2, -0.15) is 5.10 Å². The predicted octanol–water partition coefficient (Wildman–Crippen LogP) is 3.86. The van der Waals surface area contributed by atoms with Crippen LogP contribution in [0.25, 0.3) is 22.9 Å². The van der Waals surface area contributed by atoms with Gasteiger partial charge in [-0.1, -0.05) is 0 Å². The molecule has 4 rings (SSSR count). The fraction of sp³-hybridized carbons (Fsp3) is 0.389. The van der Waals surface area contributed by atoms with Crippen molar-refractivity contribution in [1.82, 2.24) is 24.3 Å². The highest BCUT2D eigenvalue weighted by Crippen LogP contribution is 2.40. The van der Waals surface area contributed by atoms with Crippen LogP contribution in [0.2, 0.25) is 0 Å². The van der Waals surface area contributed by atoms with E-state index in [4.69, 9.17) is 14.5 Å². The van der Waals surface area contributed by atoms with E-state index in [0.717, 1.165) is 44.7 Å². The average Bonchev–Trinajstić information content (AvgIpc) is 3.15. The monoisotopic (exact) mass is 417 g/mol. The van der Waals surface area contributed by atoms with Crippen molar-refractivity contribution in [1.29, 1.82) is 0 Å². The van der Waals surface area contributed by atoms with E-state index >= 15 is 0 Å².